The van der Waals surface area contributed by atoms with Crippen molar-refractivity contribution in [3.05, 3.63) is 53.2 Å². The van der Waals surface area contributed by atoms with Crippen molar-refractivity contribution in [2.75, 3.05) is 26.2 Å². The Balaban J connectivity index is 1.62. The van der Waals surface area contributed by atoms with Gasteiger partial charge < -0.3 is 9.32 Å². The largest absolute Gasteiger partial charge is 0.444 e. The summed E-state index contributed by atoms with van der Waals surface area (Å²) >= 11 is 0. The summed E-state index contributed by atoms with van der Waals surface area (Å²) in [5, 5.41) is 0. The number of benzene rings is 1. The second-order valence-electron chi connectivity index (χ2n) is 8.37. The Hall–Kier alpha value is -2.35. The molecule has 0 unspecified atom stereocenters. The Bertz CT molecular complexity index is 855. The second-order valence-corrected chi connectivity index (χ2v) is 8.37. The van der Waals surface area contributed by atoms with Crippen LogP contribution in [0.2, 0.25) is 0 Å². The Labute approximate surface area is 168 Å². The average molecular weight is 409 g/mol. The van der Waals surface area contributed by atoms with Crippen LogP contribution < -0.4 is 0 Å². The van der Waals surface area contributed by atoms with Gasteiger partial charge in [0.05, 0.1) is 18.3 Å². The number of alkyl halides is 3. The predicted molar refractivity (Wildman–Crippen MR) is 102 cm³/mol. The Morgan fingerprint density at radius 1 is 1.14 bits per heavy atom. The summed E-state index contributed by atoms with van der Waals surface area (Å²) in [5.74, 6) is 1.08. The van der Waals surface area contributed by atoms with E-state index in [-0.39, 0.29) is 16.9 Å². The lowest BCUT2D eigenvalue weighted by molar-refractivity contribution is -0.137. The van der Waals surface area contributed by atoms with Crippen LogP contribution in [-0.4, -0.2) is 46.9 Å². The third-order valence-electron chi connectivity index (χ3n) is 4.96. The molecule has 0 aliphatic carbocycles. The Morgan fingerprint density at radius 2 is 1.90 bits per heavy atom. The molecule has 2 heterocycles. The van der Waals surface area contributed by atoms with Crippen LogP contribution in [0.4, 0.5) is 13.2 Å². The van der Waals surface area contributed by atoms with Crippen LogP contribution in [0.5, 0.6) is 0 Å². The molecule has 3 rings (SSSR count). The molecule has 29 heavy (non-hydrogen) atoms. The van der Waals surface area contributed by atoms with Crippen LogP contribution in [0, 0.1) is 0 Å². The van der Waals surface area contributed by atoms with Crippen LogP contribution in [0.1, 0.15) is 54.8 Å². The Morgan fingerprint density at radius 3 is 2.55 bits per heavy atom. The van der Waals surface area contributed by atoms with Crippen molar-refractivity contribution in [3.8, 4) is 0 Å². The topological polar surface area (TPSA) is 49.6 Å². The molecule has 1 aliphatic rings. The first kappa shape index (κ1) is 21.4. The van der Waals surface area contributed by atoms with Gasteiger partial charge >= 0.3 is 6.18 Å². The van der Waals surface area contributed by atoms with Crippen molar-refractivity contribution < 1.29 is 22.4 Å². The van der Waals surface area contributed by atoms with Crippen molar-refractivity contribution in [2.45, 2.75) is 45.3 Å². The minimum Gasteiger partial charge on any atom is -0.444 e. The van der Waals surface area contributed by atoms with E-state index >= 15 is 0 Å². The van der Waals surface area contributed by atoms with Gasteiger partial charge in [0, 0.05) is 37.2 Å². The lowest BCUT2D eigenvalue weighted by Crippen LogP contribution is -2.35. The van der Waals surface area contributed by atoms with E-state index in [2.05, 4.69) is 30.7 Å². The molecule has 0 radical (unpaired) electrons. The van der Waals surface area contributed by atoms with Crippen LogP contribution in [0.3, 0.4) is 0 Å². The maximum atomic E-state index is 12.9. The van der Waals surface area contributed by atoms with E-state index in [4.69, 9.17) is 4.42 Å². The molecule has 1 aromatic carbocycles. The molecular formula is C21H26F3N3O2. The first-order chi connectivity index (χ1) is 13.5. The number of carbonyl (C=O) groups excluding carboxylic acids is 1. The number of hydrogen-bond donors (Lipinski definition) is 0. The SMILES string of the molecule is CC(C)(C)c1cnc(CN2CCCN(C(=O)c3cccc(C(F)(F)F)c3)CC2)o1. The molecule has 1 aliphatic heterocycles. The minimum atomic E-state index is -4.46. The molecule has 1 saturated heterocycles. The molecule has 0 N–H and O–H groups in total. The molecule has 5 nitrogen and oxygen atoms in total. The van der Waals surface area contributed by atoms with Crippen molar-refractivity contribution >= 4 is 5.91 Å². The molecule has 0 spiro atoms. The first-order valence-corrected chi connectivity index (χ1v) is 9.68. The number of nitrogens with zero attached hydrogens (tertiary/aromatic N) is 3. The summed E-state index contributed by atoms with van der Waals surface area (Å²) in [6, 6.07) is 4.60. The minimum absolute atomic E-state index is 0.0656. The molecule has 0 bridgehead atoms. The van der Waals surface area contributed by atoms with Gasteiger partial charge in [-0.2, -0.15) is 13.2 Å². The number of carbonyl (C=O) groups is 1. The van der Waals surface area contributed by atoms with Gasteiger partial charge in [0.1, 0.15) is 5.76 Å². The van der Waals surface area contributed by atoms with Crippen LogP contribution in [-0.2, 0) is 18.1 Å². The Kier molecular flexibility index (Phi) is 6.03. The van der Waals surface area contributed by atoms with E-state index in [0.29, 0.717) is 32.1 Å². The van der Waals surface area contributed by atoms with E-state index in [1.54, 1.807) is 11.1 Å². The van der Waals surface area contributed by atoms with E-state index in [1.165, 1.54) is 12.1 Å². The third-order valence-corrected chi connectivity index (χ3v) is 4.96. The number of aromatic nitrogens is 1. The summed E-state index contributed by atoms with van der Waals surface area (Å²) in [7, 11) is 0. The van der Waals surface area contributed by atoms with Gasteiger partial charge in [-0.1, -0.05) is 26.8 Å². The lowest BCUT2D eigenvalue weighted by Gasteiger charge is -2.22. The molecular weight excluding hydrogens is 383 g/mol. The smallest absolute Gasteiger partial charge is 0.416 e. The van der Waals surface area contributed by atoms with Gasteiger partial charge in [0.2, 0.25) is 5.89 Å². The summed E-state index contributed by atoms with van der Waals surface area (Å²) in [4.78, 5) is 20.8. The molecule has 0 atom stereocenters. The van der Waals surface area contributed by atoms with E-state index in [1.807, 2.05) is 0 Å². The maximum absolute atomic E-state index is 12.9. The summed E-state index contributed by atoms with van der Waals surface area (Å²) in [6.07, 6.45) is -1.98. The van der Waals surface area contributed by atoms with E-state index in [9.17, 15) is 18.0 Å². The van der Waals surface area contributed by atoms with Gasteiger partial charge in [0.15, 0.2) is 0 Å². The van der Waals surface area contributed by atoms with Crippen LogP contribution in [0.15, 0.2) is 34.9 Å². The summed E-state index contributed by atoms with van der Waals surface area (Å²) in [6.45, 7) is 9.03. The van der Waals surface area contributed by atoms with Crippen LogP contribution >= 0.6 is 0 Å². The highest BCUT2D eigenvalue weighted by atomic mass is 19.4. The molecule has 8 heteroatoms. The number of halogens is 3. The van der Waals surface area contributed by atoms with Crippen molar-refractivity contribution in [3.63, 3.8) is 0 Å². The van der Waals surface area contributed by atoms with Gasteiger partial charge in [-0.05, 0) is 24.6 Å². The molecule has 1 aromatic heterocycles. The lowest BCUT2D eigenvalue weighted by atomic mass is 9.94. The predicted octanol–water partition coefficient (Wildman–Crippen LogP) is 4.34. The second kappa shape index (κ2) is 8.18. The van der Waals surface area contributed by atoms with Gasteiger partial charge in [0.25, 0.3) is 5.91 Å². The normalized spacial score (nSPS) is 16.7. The zero-order valence-electron chi connectivity index (χ0n) is 16.9. The molecule has 1 fully saturated rings. The average Bonchev–Trinajstić information content (AvgIpc) is 3.00. The number of oxazole rings is 1. The number of amides is 1. The van der Waals surface area contributed by atoms with E-state index < -0.39 is 11.7 Å². The third kappa shape index (κ3) is 5.38. The highest BCUT2D eigenvalue weighted by molar-refractivity contribution is 5.94. The fourth-order valence-electron chi connectivity index (χ4n) is 3.26. The van der Waals surface area contributed by atoms with Gasteiger partial charge in [-0.15, -0.1) is 0 Å². The van der Waals surface area contributed by atoms with Gasteiger partial charge in [-0.25, -0.2) is 4.98 Å². The fraction of sp³-hybridized carbons (Fsp3) is 0.524. The fourth-order valence-corrected chi connectivity index (χ4v) is 3.26. The quantitative estimate of drug-likeness (QED) is 0.757. The van der Waals surface area contributed by atoms with Crippen molar-refractivity contribution in [1.82, 2.24) is 14.8 Å². The molecule has 2 aromatic rings. The summed E-state index contributed by atoms with van der Waals surface area (Å²) < 4.78 is 44.6. The standard InChI is InChI=1S/C21H26F3N3O2/c1-20(2,3)17-13-25-18(29-17)14-26-8-5-9-27(11-10-26)19(28)15-6-4-7-16(12-15)21(22,23)24/h4,6-7,12-13H,5,8-11,14H2,1-3H3. The van der Waals surface area contributed by atoms with Crippen molar-refractivity contribution in [2.24, 2.45) is 0 Å². The number of rotatable bonds is 3. The zero-order valence-corrected chi connectivity index (χ0v) is 16.9. The monoisotopic (exact) mass is 409 g/mol. The number of hydrogen-bond acceptors (Lipinski definition) is 4. The molecule has 1 amide bonds. The first-order valence-electron chi connectivity index (χ1n) is 9.68. The van der Waals surface area contributed by atoms with Crippen LogP contribution in [0.25, 0.3) is 0 Å². The highest BCUT2D eigenvalue weighted by Crippen LogP contribution is 2.30. The maximum Gasteiger partial charge on any atom is 0.416 e. The molecule has 0 saturated carbocycles. The zero-order chi connectivity index (χ0) is 21.2. The highest BCUT2D eigenvalue weighted by Gasteiger charge is 2.31. The van der Waals surface area contributed by atoms with Gasteiger partial charge in [-0.3, -0.25) is 9.69 Å². The van der Waals surface area contributed by atoms with E-state index in [0.717, 1.165) is 30.9 Å². The summed E-state index contributed by atoms with van der Waals surface area (Å²) in [5.41, 5.74) is -0.854. The molecule has 158 valence electrons. The van der Waals surface area contributed by atoms with Crippen molar-refractivity contribution in [1.29, 1.82) is 0 Å².